The molecule has 2 rings (SSSR count). The molecule has 1 aromatic heterocycles. The molecule has 0 saturated carbocycles. The number of aromatic nitrogens is 2. The molecule has 88 valence electrons. The largest absolute Gasteiger partial charge is 0.478 e. The number of nitrogens with zero attached hydrogens (tertiary/aromatic N) is 2. The summed E-state index contributed by atoms with van der Waals surface area (Å²) in [6, 6.07) is 5.38. The maximum absolute atomic E-state index is 11.2. The number of benzene rings is 1. The van der Waals surface area contributed by atoms with Crippen LogP contribution in [-0.2, 0) is 6.54 Å². The zero-order chi connectivity index (χ0) is 12.4. The average molecular weight is 230 g/mol. The van der Waals surface area contributed by atoms with E-state index in [1.807, 2.05) is 36.7 Å². The molecule has 4 nitrogen and oxygen atoms in total. The van der Waals surface area contributed by atoms with Gasteiger partial charge in [0.15, 0.2) is 0 Å². The van der Waals surface area contributed by atoms with E-state index in [9.17, 15) is 9.90 Å². The second-order valence-electron chi connectivity index (χ2n) is 3.89. The Morgan fingerprint density at radius 3 is 2.88 bits per heavy atom. The molecule has 0 saturated heterocycles. The number of carboxylic acids is 1. The van der Waals surface area contributed by atoms with E-state index in [-0.39, 0.29) is 0 Å². The Kier molecular flexibility index (Phi) is 2.95. The highest BCUT2D eigenvalue weighted by Crippen LogP contribution is 2.23. The van der Waals surface area contributed by atoms with Crippen molar-refractivity contribution in [3.05, 3.63) is 41.7 Å². The van der Waals surface area contributed by atoms with Crippen LogP contribution in [0.15, 0.2) is 30.6 Å². The lowest BCUT2D eigenvalue weighted by Crippen LogP contribution is -2.04. The first-order chi connectivity index (χ1) is 8.13. The number of hydrogen-bond donors (Lipinski definition) is 1. The summed E-state index contributed by atoms with van der Waals surface area (Å²) in [6.07, 6.45) is 3.53. The fraction of sp³-hybridized carbons (Fsp3) is 0.231. The van der Waals surface area contributed by atoms with Gasteiger partial charge in [-0.1, -0.05) is 17.7 Å². The van der Waals surface area contributed by atoms with Crippen LogP contribution >= 0.6 is 0 Å². The molecular formula is C13H14N2O2. The third-order valence-electron chi connectivity index (χ3n) is 2.70. The van der Waals surface area contributed by atoms with Crippen molar-refractivity contribution in [1.82, 2.24) is 9.55 Å². The van der Waals surface area contributed by atoms with Gasteiger partial charge in [-0.2, -0.15) is 0 Å². The van der Waals surface area contributed by atoms with Crippen LogP contribution in [0.1, 0.15) is 22.8 Å². The van der Waals surface area contributed by atoms with Gasteiger partial charge in [-0.3, -0.25) is 0 Å². The van der Waals surface area contributed by atoms with Crippen molar-refractivity contribution in [2.24, 2.45) is 0 Å². The van der Waals surface area contributed by atoms with Crippen molar-refractivity contribution < 1.29 is 9.90 Å². The van der Waals surface area contributed by atoms with Crippen LogP contribution in [0.5, 0.6) is 0 Å². The molecule has 0 atom stereocenters. The Labute approximate surface area is 99.5 Å². The first-order valence-electron chi connectivity index (χ1n) is 5.49. The molecule has 2 aromatic rings. The van der Waals surface area contributed by atoms with Gasteiger partial charge in [0.05, 0.1) is 5.56 Å². The molecule has 1 N–H and O–H groups in total. The number of hydrogen-bond acceptors (Lipinski definition) is 2. The Morgan fingerprint density at radius 1 is 1.47 bits per heavy atom. The number of aryl methyl sites for hydroxylation is 2. The standard InChI is InChI=1S/C13H14N2O2/c1-3-15-7-6-14-12(15)10-5-4-9(2)8-11(10)13(16)17/h4-8H,3H2,1-2H3,(H,16,17). The summed E-state index contributed by atoms with van der Waals surface area (Å²) in [4.78, 5) is 15.5. The van der Waals surface area contributed by atoms with Gasteiger partial charge >= 0.3 is 5.97 Å². The van der Waals surface area contributed by atoms with Crippen LogP contribution in [0.3, 0.4) is 0 Å². The smallest absolute Gasteiger partial charge is 0.336 e. The van der Waals surface area contributed by atoms with Crippen LogP contribution in [0.4, 0.5) is 0 Å². The fourth-order valence-corrected chi connectivity index (χ4v) is 1.84. The Balaban J connectivity index is 2.63. The second-order valence-corrected chi connectivity index (χ2v) is 3.89. The zero-order valence-corrected chi connectivity index (χ0v) is 9.84. The molecule has 0 amide bonds. The lowest BCUT2D eigenvalue weighted by atomic mass is 10.0. The quantitative estimate of drug-likeness (QED) is 0.881. The summed E-state index contributed by atoms with van der Waals surface area (Å²) in [6.45, 7) is 4.64. The summed E-state index contributed by atoms with van der Waals surface area (Å²) >= 11 is 0. The van der Waals surface area contributed by atoms with Crippen molar-refractivity contribution in [1.29, 1.82) is 0 Å². The van der Waals surface area contributed by atoms with Crippen molar-refractivity contribution in [2.75, 3.05) is 0 Å². The summed E-state index contributed by atoms with van der Waals surface area (Å²) in [5, 5.41) is 9.22. The van der Waals surface area contributed by atoms with Gasteiger partial charge in [0.25, 0.3) is 0 Å². The van der Waals surface area contributed by atoms with E-state index in [0.29, 0.717) is 17.0 Å². The minimum atomic E-state index is -0.922. The van der Waals surface area contributed by atoms with E-state index < -0.39 is 5.97 Å². The normalized spacial score (nSPS) is 10.5. The molecule has 0 aliphatic heterocycles. The molecule has 0 fully saturated rings. The summed E-state index contributed by atoms with van der Waals surface area (Å²) < 4.78 is 1.93. The van der Waals surface area contributed by atoms with Gasteiger partial charge in [0, 0.05) is 24.5 Å². The predicted octanol–water partition coefficient (Wildman–Crippen LogP) is 2.58. The van der Waals surface area contributed by atoms with Crippen LogP contribution in [0, 0.1) is 6.92 Å². The molecule has 4 heteroatoms. The molecule has 0 radical (unpaired) electrons. The third kappa shape index (κ3) is 2.06. The van der Waals surface area contributed by atoms with E-state index in [0.717, 1.165) is 12.1 Å². The highest BCUT2D eigenvalue weighted by atomic mass is 16.4. The third-order valence-corrected chi connectivity index (χ3v) is 2.70. The number of rotatable bonds is 3. The molecule has 0 aliphatic rings. The number of imidazole rings is 1. The van der Waals surface area contributed by atoms with E-state index in [2.05, 4.69) is 4.98 Å². The lowest BCUT2D eigenvalue weighted by molar-refractivity contribution is 0.0697. The molecule has 0 aliphatic carbocycles. The van der Waals surface area contributed by atoms with E-state index >= 15 is 0 Å². The summed E-state index contributed by atoms with van der Waals surface area (Å²) in [7, 11) is 0. The predicted molar refractivity (Wildman–Crippen MR) is 65.0 cm³/mol. The summed E-state index contributed by atoms with van der Waals surface area (Å²) in [5.74, 6) is -0.223. The summed E-state index contributed by atoms with van der Waals surface area (Å²) in [5.41, 5.74) is 1.89. The van der Waals surface area contributed by atoms with E-state index in [4.69, 9.17) is 0 Å². The first kappa shape index (κ1) is 11.4. The maximum atomic E-state index is 11.2. The molecule has 1 aromatic carbocycles. The molecule has 0 unspecified atom stereocenters. The Morgan fingerprint density at radius 2 is 2.24 bits per heavy atom. The topological polar surface area (TPSA) is 55.1 Å². The molecular weight excluding hydrogens is 216 g/mol. The van der Waals surface area contributed by atoms with Crippen LogP contribution in [0.25, 0.3) is 11.4 Å². The first-order valence-corrected chi connectivity index (χ1v) is 5.49. The monoisotopic (exact) mass is 230 g/mol. The van der Waals surface area contributed by atoms with Crippen molar-refractivity contribution in [3.8, 4) is 11.4 Å². The van der Waals surface area contributed by atoms with Gasteiger partial charge in [-0.05, 0) is 19.9 Å². The molecule has 0 bridgehead atoms. The minimum absolute atomic E-state index is 0.297. The van der Waals surface area contributed by atoms with Gasteiger partial charge < -0.3 is 9.67 Å². The Hall–Kier alpha value is -2.10. The van der Waals surface area contributed by atoms with E-state index in [1.165, 1.54) is 0 Å². The highest BCUT2D eigenvalue weighted by Gasteiger charge is 2.15. The van der Waals surface area contributed by atoms with Crippen molar-refractivity contribution in [3.63, 3.8) is 0 Å². The van der Waals surface area contributed by atoms with Gasteiger partial charge in [-0.25, -0.2) is 9.78 Å². The number of aromatic carboxylic acids is 1. The maximum Gasteiger partial charge on any atom is 0.336 e. The highest BCUT2D eigenvalue weighted by molar-refractivity contribution is 5.95. The SMILES string of the molecule is CCn1ccnc1-c1ccc(C)cc1C(=O)O. The van der Waals surface area contributed by atoms with Gasteiger partial charge in [0.1, 0.15) is 5.82 Å². The Bertz CT molecular complexity index is 558. The minimum Gasteiger partial charge on any atom is -0.478 e. The van der Waals surface area contributed by atoms with Crippen LogP contribution in [0.2, 0.25) is 0 Å². The fourth-order valence-electron chi connectivity index (χ4n) is 1.84. The van der Waals surface area contributed by atoms with Gasteiger partial charge in [0.2, 0.25) is 0 Å². The average Bonchev–Trinajstić information content (AvgIpc) is 2.76. The van der Waals surface area contributed by atoms with Crippen molar-refractivity contribution >= 4 is 5.97 Å². The number of carboxylic acid groups (broad SMARTS) is 1. The molecule has 0 spiro atoms. The lowest BCUT2D eigenvalue weighted by Gasteiger charge is -2.08. The zero-order valence-electron chi connectivity index (χ0n) is 9.84. The molecule has 17 heavy (non-hydrogen) atoms. The van der Waals surface area contributed by atoms with Crippen molar-refractivity contribution in [2.45, 2.75) is 20.4 Å². The second kappa shape index (κ2) is 4.41. The van der Waals surface area contributed by atoms with Gasteiger partial charge in [-0.15, -0.1) is 0 Å². The van der Waals surface area contributed by atoms with Crippen LogP contribution < -0.4 is 0 Å². The molecule has 1 heterocycles. The van der Waals surface area contributed by atoms with E-state index in [1.54, 1.807) is 12.3 Å². The van der Waals surface area contributed by atoms with Crippen LogP contribution in [-0.4, -0.2) is 20.6 Å². The number of carbonyl (C=O) groups is 1.